The van der Waals surface area contributed by atoms with Crippen LogP contribution in [0.5, 0.6) is 0 Å². The second-order valence-electron chi connectivity index (χ2n) is 11.5. The number of rotatable bonds is 7. The summed E-state index contributed by atoms with van der Waals surface area (Å²) in [6, 6.07) is 25.0. The molecule has 3 aromatic carbocycles. The maximum absolute atomic E-state index is 13.7. The third-order valence-electron chi connectivity index (χ3n) is 8.88. The van der Waals surface area contributed by atoms with Crippen molar-refractivity contribution >= 4 is 17.5 Å². The fourth-order valence-corrected chi connectivity index (χ4v) is 7.18. The van der Waals surface area contributed by atoms with E-state index >= 15 is 0 Å². The summed E-state index contributed by atoms with van der Waals surface area (Å²) in [6.07, 6.45) is 4.73. The number of carbonyl (C=O) groups excluding carboxylic acids is 2. The van der Waals surface area contributed by atoms with Crippen LogP contribution in [0, 0.1) is 13.8 Å². The third-order valence-corrected chi connectivity index (χ3v) is 8.88. The van der Waals surface area contributed by atoms with Crippen molar-refractivity contribution in [3.63, 3.8) is 0 Å². The van der Waals surface area contributed by atoms with E-state index in [4.69, 9.17) is 0 Å². The van der Waals surface area contributed by atoms with Crippen molar-refractivity contribution < 1.29 is 9.59 Å². The average molecular weight is 524 g/mol. The van der Waals surface area contributed by atoms with Crippen molar-refractivity contribution in [3.8, 4) is 0 Å². The highest BCUT2D eigenvalue weighted by Gasteiger charge is 2.51. The molecule has 2 aliphatic rings. The molecule has 1 fully saturated rings. The number of nitrogens with zero attached hydrogens (tertiary/aromatic N) is 2. The Morgan fingerprint density at radius 1 is 0.974 bits per heavy atom. The molecule has 0 aromatic heterocycles. The molecule has 0 radical (unpaired) electrons. The molecular formula is C34H41N3O2. The van der Waals surface area contributed by atoms with E-state index in [-0.39, 0.29) is 29.3 Å². The Balaban J connectivity index is 1.40. The Labute approximate surface area is 233 Å². The molecular weight excluding hydrogens is 482 g/mol. The lowest BCUT2D eigenvalue weighted by Crippen LogP contribution is -2.51. The number of para-hydroxylation sites is 1. The Kier molecular flexibility index (Phi) is 7.90. The minimum Gasteiger partial charge on any atom is -0.335 e. The van der Waals surface area contributed by atoms with Crippen molar-refractivity contribution in [3.05, 3.63) is 101 Å². The monoisotopic (exact) mass is 523 g/mol. The van der Waals surface area contributed by atoms with Gasteiger partial charge in [-0.15, -0.1) is 0 Å². The quantitative estimate of drug-likeness (QED) is 0.393. The van der Waals surface area contributed by atoms with Gasteiger partial charge in [0.2, 0.25) is 5.91 Å². The summed E-state index contributed by atoms with van der Waals surface area (Å²) in [6.45, 7) is 7.71. The second kappa shape index (κ2) is 11.4. The first-order valence-corrected chi connectivity index (χ1v) is 14.3. The number of fused-ring (bicyclic) bond motifs is 2. The van der Waals surface area contributed by atoms with Crippen molar-refractivity contribution in [2.75, 3.05) is 25.0 Å². The first-order chi connectivity index (χ1) is 18.8. The molecule has 1 spiro atoms. The molecule has 0 saturated carbocycles. The van der Waals surface area contributed by atoms with Crippen LogP contribution in [0.25, 0.3) is 0 Å². The summed E-state index contributed by atoms with van der Waals surface area (Å²) in [5.74, 6) is 0.161. The summed E-state index contributed by atoms with van der Waals surface area (Å²) in [7, 11) is 1.93. The van der Waals surface area contributed by atoms with Gasteiger partial charge in [0.05, 0.1) is 6.04 Å². The van der Waals surface area contributed by atoms with Gasteiger partial charge in [0.1, 0.15) is 0 Å². The van der Waals surface area contributed by atoms with Crippen LogP contribution in [0.2, 0.25) is 0 Å². The van der Waals surface area contributed by atoms with Gasteiger partial charge in [-0.3, -0.25) is 9.59 Å². The molecule has 1 saturated heterocycles. The van der Waals surface area contributed by atoms with E-state index in [1.54, 1.807) is 6.92 Å². The van der Waals surface area contributed by atoms with E-state index in [0.29, 0.717) is 0 Å². The Morgan fingerprint density at radius 3 is 2.28 bits per heavy atom. The number of carbonyl (C=O) groups is 2. The molecule has 3 aromatic rings. The zero-order chi connectivity index (χ0) is 27.6. The zero-order valence-corrected chi connectivity index (χ0v) is 23.7. The van der Waals surface area contributed by atoms with Crippen molar-refractivity contribution in [1.29, 1.82) is 0 Å². The predicted molar refractivity (Wildman–Crippen MR) is 158 cm³/mol. The minimum atomic E-state index is -0.0435. The molecule has 2 atom stereocenters. The fourth-order valence-electron chi connectivity index (χ4n) is 7.18. The van der Waals surface area contributed by atoms with E-state index in [1.165, 1.54) is 5.56 Å². The van der Waals surface area contributed by atoms with Gasteiger partial charge in [0, 0.05) is 36.7 Å². The highest BCUT2D eigenvalue weighted by molar-refractivity contribution is 5.96. The Hall–Kier alpha value is -3.44. The van der Waals surface area contributed by atoms with Crippen LogP contribution in [0.3, 0.4) is 0 Å². The lowest BCUT2D eigenvalue weighted by Gasteiger charge is -2.42. The van der Waals surface area contributed by atoms with Crippen LogP contribution >= 0.6 is 0 Å². The van der Waals surface area contributed by atoms with Gasteiger partial charge in [0.15, 0.2) is 0 Å². The van der Waals surface area contributed by atoms with Crippen LogP contribution in [-0.4, -0.2) is 42.9 Å². The van der Waals surface area contributed by atoms with Gasteiger partial charge in [-0.05, 0) is 88.4 Å². The highest BCUT2D eigenvalue weighted by atomic mass is 16.2. The molecule has 5 rings (SSSR count). The number of amides is 2. The maximum atomic E-state index is 13.7. The molecule has 1 unspecified atom stereocenters. The summed E-state index contributed by atoms with van der Waals surface area (Å²) in [4.78, 5) is 30.7. The van der Waals surface area contributed by atoms with E-state index in [9.17, 15) is 9.59 Å². The number of piperidine rings is 1. The predicted octanol–water partition coefficient (Wildman–Crippen LogP) is 6.34. The summed E-state index contributed by atoms with van der Waals surface area (Å²) in [5.41, 5.74) is 6.47. The molecule has 0 bridgehead atoms. The number of nitrogens with one attached hydrogen (secondary N) is 1. The summed E-state index contributed by atoms with van der Waals surface area (Å²) < 4.78 is 0. The first kappa shape index (κ1) is 27.1. The van der Waals surface area contributed by atoms with Crippen molar-refractivity contribution in [1.82, 2.24) is 10.2 Å². The van der Waals surface area contributed by atoms with E-state index in [2.05, 4.69) is 46.6 Å². The lowest BCUT2D eigenvalue weighted by atomic mass is 9.68. The lowest BCUT2D eigenvalue weighted by molar-refractivity contribution is -0.117. The SMILES string of the molecule is CC(=O)N1c2ccccc2C2(CCNCC2)[C@H]1CCCC(c1ccccc1)N(C)C(=O)c1cc(C)cc(C)c1. The molecule has 2 amide bonds. The van der Waals surface area contributed by atoms with E-state index in [0.717, 1.165) is 73.1 Å². The summed E-state index contributed by atoms with van der Waals surface area (Å²) in [5, 5.41) is 3.53. The van der Waals surface area contributed by atoms with Crippen LogP contribution in [0.15, 0.2) is 72.8 Å². The van der Waals surface area contributed by atoms with Crippen LogP contribution in [0.1, 0.15) is 77.7 Å². The number of anilines is 1. The van der Waals surface area contributed by atoms with Crippen LogP contribution < -0.4 is 10.2 Å². The standard InChI is InChI=1S/C34H41N3O2/c1-24-21-25(2)23-28(22-24)33(39)36(4)30(27-11-6-5-7-12-27)15-10-16-32-34(17-19-35-20-18-34)29-13-8-9-14-31(29)37(32)26(3)38/h5-9,11-14,21-23,30,32,35H,10,15-20H2,1-4H3/t30?,32-/m1/s1. The first-order valence-electron chi connectivity index (χ1n) is 14.3. The number of hydrogen-bond donors (Lipinski definition) is 1. The molecule has 2 aliphatic heterocycles. The largest absolute Gasteiger partial charge is 0.335 e. The van der Waals surface area contributed by atoms with Gasteiger partial charge in [0.25, 0.3) is 5.91 Å². The van der Waals surface area contributed by atoms with Gasteiger partial charge in [-0.2, -0.15) is 0 Å². The topological polar surface area (TPSA) is 52.7 Å². The maximum Gasteiger partial charge on any atom is 0.254 e. The number of aryl methyl sites for hydroxylation is 2. The van der Waals surface area contributed by atoms with Gasteiger partial charge < -0.3 is 15.1 Å². The molecule has 39 heavy (non-hydrogen) atoms. The smallest absolute Gasteiger partial charge is 0.254 e. The van der Waals surface area contributed by atoms with Crippen molar-refractivity contribution in [2.24, 2.45) is 0 Å². The third kappa shape index (κ3) is 5.25. The molecule has 5 nitrogen and oxygen atoms in total. The minimum absolute atomic E-state index is 0.0173. The van der Waals surface area contributed by atoms with Crippen LogP contribution in [0.4, 0.5) is 5.69 Å². The van der Waals surface area contributed by atoms with E-state index < -0.39 is 0 Å². The Bertz CT molecular complexity index is 1310. The Morgan fingerprint density at radius 2 is 1.62 bits per heavy atom. The van der Waals surface area contributed by atoms with Gasteiger partial charge >= 0.3 is 0 Å². The van der Waals surface area contributed by atoms with E-state index in [1.807, 2.05) is 62.2 Å². The zero-order valence-electron chi connectivity index (χ0n) is 23.7. The normalized spacial score (nSPS) is 18.6. The summed E-state index contributed by atoms with van der Waals surface area (Å²) >= 11 is 0. The average Bonchev–Trinajstić information content (AvgIpc) is 3.19. The molecule has 2 heterocycles. The second-order valence-corrected chi connectivity index (χ2v) is 11.5. The molecule has 204 valence electrons. The van der Waals surface area contributed by atoms with Gasteiger partial charge in [-0.1, -0.05) is 65.7 Å². The van der Waals surface area contributed by atoms with Crippen molar-refractivity contribution in [2.45, 2.75) is 70.4 Å². The highest BCUT2D eigenvalue weighted by Crippen LogP contribution is 2.52. The van der Waals surface area contributed by atoms with Crippen LogP contribution in [-0.2, 0) is 10.2 Å². The molecule has 0 aliphatic carbocycles. The molecule has 1 N–H and O–H groups in total. The van der Waals surface area contributed by atoms with Gasteiger partial charge in [-0.25, -0.2) is 0 Å². The number of benzene rings is 3. The fraction of sp³-hybridized carbons (Fsp3) is 0.412. The molecule has 5 heteroatoms. The number of hydrogen-bond acceptors (Lipinski definition) is 3.